The van der Waals surface area contributed by atoms with E-state index in [0.29, 0.717) is 5.41 Å². The summed E-state index contributed by atoms with van der Waals surface area (Å²) in [6, 6.07) is 0. The van der Waals surface area contributed by atoms with Crippen LogP contribution >= 0.6 is 21.6 Å². The van der Waals surface area contributed by atoms with E-state index in [1.807, 2.05) is 21.6 Å². The van der Waals surface area contributed by atoms with Crippen LogP contribution in [0.15, 0.2) is 0 Å². The molecule has 0 saturated carbocycles. The molecular formula is C11H23NOS2. The number of hydrogen-bond acceptors (Lipinski definition) is 4. The monoisotopic (exact) mass is 249 g/mol. The molecule has 0 bridgehead atoms. The van der Waals surface area contributed by atoms with E-state index in [1.165, 1.54) is 18.1 Å². The molecule has 4 heteroatoms. The first-order valence-electron chi connectivity index (χ1n) is 5.62. The third-order valence-corrected chi connectivity index (χ3v) is 5.02. The zero-order chi connectivity index (χ0) is 11.1. The van der Waals surface area contributed by atoms with Crippen LogP contribution in [0.5, 0.6) is 0 Å². The van der Waals surface area contributed by atoms with Crippen molar-refractivity contribution in [1.82, 2.24) is 4.90 Å². The van der Waals surface area contributed by atoms with E-state index in [-0.39, 0.29) is 0 Å². The van der Waals surface area contributed by atoms with Crippen LogP contribution in [-0.2, 0) is 4.74 Å². The quantitative estimate of drug-likeness (QED) is 0.548. The third-order valence-electron chi connectivity index (χ3n) is 2.17. The number of ether oxygens (including phenoxy) is 1. The van der Waals surface area contributed by atoms with Gasteiger partial charge in [0.2, 0.25) is 0 Å². The van der Waals surface area contributed by atoms with Crippen LogP contribution in [0.25, 0.3) is 0 Å². The van der Waals surface area contributed by atoms with Crippen molar-refractivity contribution in [2.45, 2.75) is 20.8 Å². The number of morpholine rings is 1. The second-order valence-electron chi connectivity index (χ2n) is 5.10. The topological polar surface area (TPSA) is 12.5 Å². The Morgan fingerprint density at radius 2 is 1.80 bits per heavy atom. The fourth-order valence-corrected chi connectivity index (χ4v) is 4.04. The molecule has 1 fully saturated rings. The van der Waals surface area contributed by atoms with E-state index < -0.39 is 0 Å². The Balaban J connectivity index is 1.92. The SMILES string of the molecule is CC(C)(C)CSSCCN1CCOCC1. The molecule has 0 N–H and O–H groups in total. The number of hydrogen-bond donors (Lipinski definition) is 0. The van der Waals surface area contributed by atoms with E-state index >= 15 is 0 Å². The van der Waals surface area contributed by atoms with Gasteiger partial charge in [0.15, 0.2) is 0 Å². The molecule has 0 amide bonds. The van der Waals surface area contributed by atoms with Gasteiger partial charge in [0.1, 0.15) is 0 Å². The van der Waals surface area contributed by atoms with Gasteiger partial charge >= 0.3 is 0 Å². The van der Waals surface area contributed by atoms with Crippen LogP contribution in [0, 0.1) is 5.41 Å². The fourth-order valence-electron chi connectivity index (χ4n) is 1.27. The van der Waals surface area contributed by atoms with Gasteiger partial charge in [-0.25, -0.2) is 0 Å². The Bertz CT molecular complexity index is 164. The summed E-state index contributed by atoms with van der Waals surface area (Å²) in [4.78, 5) is 2.49. The van der Waals surface area contributed by atoms with Gasteiger partial charge in [-0.05, 0) is 5.41 Å². The van der Waals surface area contributed by atoms with Gasteiger partial charge < -0.3 is 4.74 Å². The molecule has 1 saturated heterocycles. The van der Waals surface area contributed by atoms with Gasteiger partial charge in [-0.15, -0.1) is 0 Å². The third kappa shape index (κ3) is 7.50. The zero-order valence-corrected chi connectivity index (χ0v) is 11.8. The molecule has 0 radical (unpaired) electrons. The van der Waals surface area contributed by atoms with Crippen LogP contribution < -0.4 is 0 Å². The average Bonchev–Trinajstić information content (AvgIpc) is 2.17. The molecule has 1 aliphatic rings. The summed E-state index contributed by atoms with van der Waals surface area (Å²) in [5.41, 5.74) is 0.455. The maximum Gasteiger partial charge on any atom is 0.0594 e. The van der Waals surface area contributed by atoms with Crippen LogP contribution in [0.4, 0.5) is 0 Å². The predicted octanol–water partition coefficient (Wildman–Crippen LogP) is 2.75. The predicted molar refractivity (Wildman–Crippen MR) is 71.6 cm³/mol. The summed E-state index contributed by atoms with van der Waals surface area (Å²) in [5.74, 6) is 2.47. The van der Waals surface area contributed by atoms with Crippen LogP contribution in [-0.4, -0.2) is 49.3 Å². The maximum absolute atomic E-state index is 5.32. The molecule has 15 heavy (non-hydrogen) atoms. The normalized spacial score (nSPS) is 19.4. The van der Waals surface area contributed by atoms with Crippen molar-refractivity contribution in [2.24, 2.45) is 5.41 Å². The van der Waals surface area contributed by atoms with E-state index in [1.54, 1.807) is 0 Å². The van der Waals surface area contributed by atoms with Crippen molar-refractivity contribution in [1.29, 1.82) is 0 Å². The maximum atomic E-state index is 5.32. The molecule has 2 nitrogen and oxygen atoms in total. The summed E-state index contributed by atoms with van der Waals surface area (Å²) < 4.78 is 5.32. The molecule has 0 aromatic heterocycles. The highest BCUT2D eigenvalue weighted by Crippen LogP contribution is 2.29. The lowest BCUT2D eigenvalue weighted by atomic mass is 10.0. The summed E-state index contributed by atoms with van der Waals surface area (Å²) in [6.07, 6.45) is 0. The average molecular weight is 249 g/mol. The molecule has 1 heterocycles. The lowest BCUT2D eigenvalue weighted by Crippen LogP contribution is -2.37. The first-order valence-corrected chi connectivity index (χ1v) is 8.11. The molecular weight excluding hydrogens is 226 g/mol. The van der Waals surface area contributed by atoms with Crippen molar-refractivity contribution in [2.75, 3.05) is 44.4 Å². The highest BCUT2D eigenvalue weighted by atomic mass is 33.1. The fraction of sp³-hybridized carbons (Fsp3) is 1.00. The van der Waals surface area contributed by atoms with Crippen LogP contribution in [0.1, 0.15) is 20.8 Å². The Morgan fingerprint density at radius 3 is 2.40 bits per heavy atom. The van der Waals surface area contributed by atoms with Gasteiger partial charge in [-0.1, -0.05) is 42.4 Å². The van der Waals surface area contributed by atoms with E-state index in [9.17, 15) is 0 Å². The highest BCUT2D eigenvalue weighted by molar-refractivity contribution is 8.76. The molecule has 0 unspecified atom stereocenters. The second kappa shape index (κ2) is 7.05. The summed E-state index contributed by atoms with van der Waals surface area (Å²) in [6.45, 7) is 12.2. The zero-order valence-electron chi connectivity index (χ0n) is 10.1. The van der Waals surface area contributed by atoms with Gasteiger partial charge in [0.25, 0.3) is 0 Å². The number of nitrogens with zero attached hydrogens (tertiary/aromatic N) is 1. The summed E-state index contributed by atoms with van der Waals surface area (Å²) in [5, 5.41) is 0. The Hall–Kier alpha value is 0.620. The first-order chi connectivity index (χ1) is 7.08. The molecule has 0 aliphatic carbocycles. The lowest BCUT2D eigenvalue weighted by molar-refractivity contribution is 0.0410. The standard InChI is InChI=1S/C11H23NOS2/c1-11(2,3)10-15-14-9-6-12-4-7-13-8-5-12/h4-10H2,1-3H3. The van der Waals surface area contributed by atoms with Crippen molar-refractivity contribution < 1.29 is 4.74 Å². The van der Waals surface area contributed by atoms with Gasteiger partial charge in [0, 0.05) is 31.1 Å². The molecule has 0 spiro atoms. The molecule has 90 valence electrons. The van der Waals surface area contributed by atoms with Crippen LogP contribution in [0.3, 0.4) is 0 Å². The Morgan fingerprint density at radius 1 is 1.13 bits per heavy atom. The Kier molecular flexibility index (Phi) is 6.43. The molecule has 1 rings (SSSR count). The first kappa shape index (κ1) is 13.7. The Labute approximate surface area is 102 Å². The van der Waals surface area contributed by atoms with Gasteiger partial charge in [-0.3, -0.25) is 4.90 Å². The minimum absolute atomic E-state index is 0.455. The lowest BCUT2D eigenvalue weighted by Gasteiger charge is -2.26. The largest absolute Gasteiger partial charge is 0.379 e. The molecule has 0 aromatic carbocycles. The number of rotatable bonds is 5. The summed E-state index contributed by atoms with van der Waals surface area (Å²) in [7, 11) is 4.02. The smallest absolute Gasteiger partial charge is 0.0594 e. The minimum atomic E-state index is 0.455. The van der Waals surface area contributed by atoms with Crippen molar-refractivity contribution in [3.63, 3.8) is 0 Å². The van der Waals surface area contributed by atoms with Crippen molar-refractivity contribution in [3.05, 3.63) is 0 Å². The van der Waals surface area contributed by atoms with Crippen molar-refractivity contribution >= 4 is 21.6 Å². The second-order valence-corrected chi connectivity index (χ2v) is 7.68. The van der Waals surface area contributed by atoms with Gasteiger partial charge in [-0.2, -0.15) is 0 Å². The van der Waals surface area contributed by atoms with E-state index in [0.717, 1.165) is 26.3 Å². The summed E-state index contributed by atoms with van der Waals surface area (Å²) >= 11 is 0. The van der Waals surface area contributed by atoms with Crippen LogP contribution in [0.2, 0.25) is 0 Å². The van der Waals surface area contributed by atoms with Crippen molar-refractivity contribution in [3.8, 4) is 0 Å². The molecule has 1 aliphatic heterocycles. The van der Waals surface area contributed by atoms with Gasteiger partial charge in [0.05, 0.1) is 13.2 Å². The van der Waals surface area contributed by atoms with E-state index in [2.05, 4.69) is 25.7 Å². The molecule has 0 atom stereocenters. The minimum Gasteiger partial charge on any atom is -0.379 e. The van der Waals surface area contributed by atoms with E-state index in [4.69, 9.17) is 4.74 Å². The highest BCUT2D eigenvalue weighted by Gasteiger charge is 2.11. The molecule has 0 aromatic rings.